The number of hydrogen-bond acceptors (Lipinski definition) is 5. The molecule has 1 N–H and O–H groups in total. The maximum Gasteiger partial charge on any atom is 0.231 e. The highest BCUT2D eigenvalue weighted by atomic mass is 35.5. The van der Waals surface area contributed by atoms with Gasteiger partial charge in [0.05, 0.1) is 6.04 Å². The van der Waals surface area contributed by atoms with Crippen molar-refractivity contribution in [3.05, 3.63) is 34.4 Å². The Morgan fingerprint density at radius 2 is 2.18 bits per heavy atom. The number of rotatable bonds is 3. The molecule has 0 aliphatic carbocycles. The number of hydrogen-bond donors (Lipinski definition) is 1. The third-order valence-corrected chi connectivity index (χ3v) is 4.54. The first-order valence-electron chi connectivity index (χ1n) is 7.41. The van der Waals surface area contributed by atoms with Crippen molar-refractivity contribution in [1.82, 2.24) is 20.1 Å². The third-order valence-electron chi connectivity index (χ3n) is 4.19. The topological polar surface area (TPSA) is 63.3 Å². The summed E-state index contributed by atoms with van der Waals surface area (Å²) >= 11 is 6.38. The molecule has 1 unspecified atom stereocenters. The molecule has 6 nitrogen and oxygen atoms in total. The molecular formula is C15H17ClN4O2. The van der Waals surface area contributed by atoms with E-state index in [0.29, 0.717) is 5.02 Å². The number of fused-ring (bicyclic) bond motifs is 1. The molecule has 1 aromatic heterocycles. The highest BCUT2D eigenvalue weighted by Crippen LogP contribution is 2.39. The van der Waals surface area contributed by atoms with Gasteiger partial charge in [-0.25, -0.2) is 4.98 Å². The molecule has 0 bridgehead atoms. The van der Waals surface area contributed by atoms with E-state index >= 15 is 0 Å². The Morgan fingerprint density at radius 3 is 2.95 bits per heavy atom. The lowest BCUT2D eigenvalue weighted by Gasteiger charge is -2.22. The van der Waals surface area contributed by atoms with Crippen molar-refractivity contribution in [3.8, 4) is 11.5 Å². The van der Waals surface area contributed by atoms with Crippen LogP contribution in [0.25, 0.3) is 0 Å². The molecule has 0 spiro atoms. The maximum absolute atomic E-state index is 6.38. The molecule has 0 amide bonds. The smallest absolute Gasteiger partial charge is 0.231 e. The number of halogens is 1. The lowest BCUT2D eigenvalue weighted by atomic mass is 10.1. The van der Waals surface area contributed by atoms with Gasteiger partial charge < -0.3 is 9.47 Å². The zero-order valence-corrected chi connectivity index (χ0v) is 13.1. The number of H-pyrrole nitrogens is 1. The Bertz CT molecular complexity index is 703. The number of benzene rings is 1. The number of aryl methyl sites for hydroxylation is 1. The molecule has 1 atom stereocenters. The molecule has 1 saturated heterocycles. The third kappa shape index (κ3) is 2.42. The molecule has 4 rings (SSSR count). The predicted octanol–water partition coefficient (Wildman–Crippen LogP) is 2.83. The van der Waals surface area contributed by atoms with Gasteiger partial charge in [-0.3, -0.25) is 10.00 Å². The van der Waals surface area contributed by atoms with E-state index in [-0.39, 0.29) is 12.8 Å². The summed E-state index contributed by atoms with van der Waals surface area (Å²) in [5, 5.41) is 7.95. The van der Waals surface area contributed by atoms with Crippen LogP contribution in [0.1, 0.15) is 36.1 Å². The molecule has 2 aliphatic rings. The van der Waals surface area contributed by atoms with Crippen molar-refractivity contribution in [1.29, 1.82) is 0 Å². The van der Waals surface area contributed by atoms with E-state index in [0.717, 1.165) is 54.6 Å². The van der Waals surface area contributed by atoms with Crippen molar-refractivity contribution >= 4 is 11.6 Å². The number of aromatic nitrogens is 3. The highest BCUT2D eigenvalue weighted by Gasteiger charge is 2.30. The molecule has 0 radical (unpaired) electrons. The van der Waals surface area contributed by atoms with Crippen molar-refractivity contribution < 1.29 is 9.47 Å². The van der Waals surface area contributed by atoms with Gasteiger partial charge in [-0.1, -0.05) is 11.6 Å². The van der Waals surface area contributed by atoms with E-state index in [2.05, 4.69) is 20.1 Å². The molecule has 116 valence electrons. The average Bonchev–Trinajstić information content (AvgIpc) is 3.20. The van der Waals surface area contributed by atoms with Gasteiger partial charge in [-0.2, -0.15) is 5.10 Å². The molecule has 2 aromatic rings. The van der Waals surface area contributed by atoms with Crippen LogP contribution in [0.2, 0.25) is 5.02 Å². The Morgan fingerprint density at radius 1 is 1.36 bits per heavy atom. The molecule has 2 aliphatic heterocycles. The minimum atomic E-state index is 0.242. The zero-order valence-electron chi connectivity index (χ0n) is 12.3. The number of nitrogens with one attached hydrogen (secondary N) is 1. The number of aromatic amines is 1. The summed E-state index contributed by atoms with van der Waals surface area (Å²) in [6, 6.07) is 4.05. The molecular weight excluding hydrogens is 304 g/mol. The molecule has 0 saturated carbocycles. The van der Waals surface area contributed by atoms with Crippen LogP contribution in [-0.4, -0.2) is 33.4 Å². The molecule has 1 fully saturated rings. The van der Waals surface area contributed by atoms with Gasteiger partial charge in [0.2, 0.25) is 6.79 Å². The van der Waals surface area contributed by atoms with Gasteiger partial charge in [0.25, 0.3) is 0 Å². The summed E-state index contributed by atoms with van der Waals surface area (Å²) < 4.78 is 10.8. The van der Waals surface area contributed by atoms with Crippen LogP contribution >= 0.6 is 11.6 Å². The Labute approximate surface area is 133 Å². The fourth-order valence-corrected chi connectivity index (χ4v) is 3.33. The lowest BCUT2D eigenvalue weighted by Crippen LogP contribution is -2.23. The van der Waals surface area contributed by atoms with Crippen LogP contribution < -0.4 is 9.47 Å². The standard InChI is InChI=1S/C15H17ClN4O2/c1-9-17-15(19-18-9)12-3-2-4-20(12)7-10-5-13-14(6-11(10)16)22-8-21-13/h5-6,12H,2-4,7-8H2,1H3,(H,17,18,19). The van der Waals surface area contributed by atoms with Crippen molar-refractivity contribution in [2.24, 2.45) is 0 Å². The second-order valence-corrected chi connectivity index (χ2v) is 6.11. The summed E-state index contributed by atoms with van der Waals surface area (Å²) in [6.07, 6.45) is 2.21. The Kier molecular flexibility index (Phi) is 3.43. The van der Waals surface area contributed by atoms with Gasteiger partial charge >= 0.3 is 0 Å². The first kappa shape index (κ1) is 13.8. The maximum atomic E-state index is 6.38. The monoisotopic (exact) mass is 320 g/mol. The fraction of sp³-hybridized carbons (Fsp3) is 0.467. The molecule has 1 aromatic carbocycles. The van der Waals surface area contributed by atoms with E-state index in [9.17, 15) is 0 Å². The van der Waals surface area contributed by atoms with E-state index in [1.807, 2.05) is 19.1 Å². The number of nitrogens with zero attached hydrogens (tertiary/aromatic N) is 3. The van der Waals surface area contributed by atoms with Crippen LogP contribution in [0.4, 0.5) is 0 Å². The second kappa shape index (κ2) is 5.44. The van der Waals surface area contributed by atoms with Crippen LogP contribution in [0, 0.1) is 6.92 Å². The van der Waals surface area contributed by atoms with Crippen molar-refractivity contribution in [2.45, 2.75) is 32.4 Å². The first-order valence-corrected chi connectivity index (χ1v) is 7.79. The lowest BCUT2D eigenvalue weighted by molar-refractivity contribution is 0.174. The average molecular weight is 321 g/mol. The van der Waals surface area contributed by atoms with Gasteiger partial charge in [0, 0.05) is 17.6 Å². The predicted molar refractivity (Wildman–Crippen MR) is 81.1 cm³/mol. The normalized spacial score (nSPS) is 20.7. The van der Waals surface area contributed by atoms with E-state index in [1.165, 1.54) is 0 Å². The number of ether oxygens (including phenoxy) is 2. The van der Waals surface area contributed by atoms with Crippen molar-refractivity contribution in [2.75, 3.05) is 13.3 Å². The first-order chi connectivity index (χ1) is 10.7. The molecule has 7 heteroatoms. The summed E-state index contributed by atoms with van der Waals surface area (Å²) in [6.45, 7) is 3.96. The van der Waals surface area contributed by atoms with Crippen LogP contribution in [0.15, 0.2) is 12.1 Å². The largest absolute Gasteiger partial charge is 0.454 e. The Balaban J connectivity index is 1.57. The molecule has 22 heavy (non-hydrogen) atoms. The summed E-state index contributed by atoms with van der Waals surface area (Å²) in [7, 11) is 0. The summed E-state index contributed by atoms with van der Waals surface area (Å²) in [5.41, 5.74) is 1.05. The van der Waals surface area contributed by atoms with Crippen LogP contribution in [-0.2, 0) is 6.54 Å². The zero-order chi connectivity index (χ0) is 15.1. The van der Waals surface area contributed by atoms with E-state index < -0.39 is 0 Å². The van der Waals surface area contributed by atoms with Gasteiger partial charge in [-0.15, -0.1) is 0 Å². The van der Waals surface area contributed by atoms with Gasteiger partial charge in [-0.05, 0) is 37.9 Å². The summed E-state index contributed by atoms with van der Waals surface area (Å²) in [4.78, 5) is 6.85. The van der Waals surface area contributed by atoms with E-state index in [4.69, 9.17) is 21.1 Å². The fourth-order valence-electron chi connectivity index (χ4n) is 3.12. The highest BCUT2D eigenvalue weighted by molar-refractivity contribution is 6.31. The quantitative estimate of drug-likeness (QED) is 0.942. The van der Waals surface area contributed by atoms with E-state index in [1.54, 1.807) is 0 Å². The summed E-state index contributed by atoms with van der Waals surface area (Å²) in [5.74, 6) is 3.20. The van der Waals surface area contributed by atoms with Crippen LogP contribution in [0.5, 0.6) is 11.5 Å². The van der Waals surface area contributed by atoms with Crippen LogP contribution in [0.3, 0.4) is 0 Å². The number of likely N-dealkylation sites (tertiary alicyclic amines) is 1. The molecule has 3 heterocycles. The van der Waals surface area contributed by atoms with Gasteiger partial charge in [0.15, 0.2) is 17.3 Å². The SMILES string of the molecule is Cc1nc(C2CCCN2Cc2cc3c(cc2Cl)OCO3)n[nH]1. The van der Waals surface area contributed by atoms with Crippen molar-refractivity contribution in [3.63, 3.8) is 0 Å². The second-order valence-electron chi connectivity index (χ2n) is 5.70. The Hall–Kier alpha value is -1.79. The minimum absolute atomic E-state index is 0.242. The minimum Gasteiger partial charge on any atom is -0.454 e. The van der Waals surface area contributed by atoms with Gasteiger partial charge in [0.1, 0.15) is 5.82 Å².